The number of fused-ring (bicyclic) bond motifs is 2. The Labute approximate surface area is 351 Å². The second kappa shape index (κ2) is 18.3. The number of benzene rings is 3. The molecular weight excluding hydrogens is 763 g/mol. The number of hydrogen-bond acceptors (Lipinski definition) is 11. The van der Waals surface area contributed by atoms with Gasteiger partial charge in [-0.05, 0) is 150 Å². The Kier molecular flexibility index (Phi) is 13.0. The molecule has 5 aromatic rings. The van der Waals surface area contributed by atoms with Crippen molar-refractivity contribution < 1.29 is 28.6 Å². The molecular formula is C47H55N5O6S. The fourth-order valence-corrected chi connectivity index (χ4v) is 8.94. The summed E-state index contributed by atoms with van der Waals surface area (Å²) in [6, 6.07) is 23.5. The summed E-state index contributed by atoms with van der Waals surface area (Å²) in [5.41, 5.74) is 5.52. The van der Waals surface area contributed by atoms with Crippen LogP contribution in [0.5, 0.6) is 5.75 Å². The van der Waals surface area contributed by atoms with Crippen molar-refractivity contribution in [1.29, 1.82) is 0 Å². The molecule has 1 N–H and O–H groups in total. The zero-order chi connectivity index (χ0) is 41.7. The minimum Gasteiger partial charge on any atom is -0.493 e. The van der Waals surface area contributed by atoms with Gasteiger partial charge in [0.2, 0.25) is 0 Å². The minimum atomic E-state index is -0.718. The molecule has 0 bridgehead atoms. The summed E-state index contributed by atoms with van der Waals surface area (Å²) in [6.45, 7) is 16.0. The molecule has 0 unspecified atom stereocenters. The van der Waals surface area contributed by atoms with Gasteiger partial charge < -0.3 is 19.1 Å². The molecule has 2 aromatic heterocycles. The molecule has 0 radical (unpaired) electrons. The first kappa shape index (κ1) is 41.8. The van der Waals surface area contributed by atoms with Gasteiger partial charge in [0, 0.05) is 24.2 Å². The van der Waals surface area contributed by atoms with Gasteiger partial charge in [-0.15, -0.1) is 0 Å². The Morgan fingerprint density at radius 3 is 2.47 bits per heavy atom. The molecule has 1 saturated heterocycles. The maximum absolute atomic E-state index is 13.9. The normalized spacial score (nSPS) is 15.4. The number of rotatable bonds is 13. The average molecular weight is 818 g/mol. The highest BCUT2D eigenvalue weighted by Crippen LogP contribution is 2.34. The number of nitrogens with zero attached hydrogens (tertiary/aromatic N) is 4. The largest absolute Gasteiger partial charge is 0.493 e. The molecule has 2 aliphatic rings. The lowest BCUT2D eigenvalue weighted by atomic mass is 9.88. The summed E-state index contributed by atoms with van der Waals surface area (Å²) < 4.78 is 18.3. The Hall–Kier alpha value is -5.33. The van der Waals surface area contributed by atoms with Crippen LogP contribution in [0.15, 0.2) is 72.8 Å². The van der Waals surface area contributed by atoms with E-state index in [1.54, 1.807) is 0 Å². The summed E-state index contributed by atoms with van der Waals surface area (Å²) in [5.74, 6) is 1.55. The third kappa shape index (κ3) is 10.5. The molecule has 0 aliphatic carbocycles. The number of thiazole rings is 1. The van der Waals surface area contributed by atoms with Crippen molar-refractivity contribution in [2.45, 2.75) is 79.4 Å². The number of hydrogen-bond donors (Lipinski definition) is 1. The zero-order valence-corrected chi connectivity index (χ0v) is 35.8. The van der Waals surface area contributed by atoms with E-state index < -0.39 is 11.6 Å². The predicted molar refractivity (Wildman–Crippen MR) is 233 cm³/mol. The highest BCUT2D eigenvalue weighted by atomic mass is 32.1. The molecule has 310 valence electrons. The lowest BCUT2D eigenvalue weighted by Crippen LogP contribution is -2.38. The summed E-state index contributed by atoms with van der Waals surface area (Å²) >= 11 is 1.45. The molecule has 7 rings (SSSR count). The molecule has 12 heteroatoms. The molecule has 11 nitrogen and oxygen atoms in total. The first-order valence-electron chi connectivity index (χ1n) is 20.7. The third-order valence-corrected chi connectivity index (χ3v) is 11.9. The number of aryl methyl sites for hydroxylation is 1. The number of ether oxygens (including phenoxy) is 3. The number of carbonyl (C=O) groups is 3. The van der Waals surface area contributed by atoms with Crippen LogP contribution >= 0.6 is 11.3 Å². The third-order valence-electron chi connectivity index (χ3n) is 11.0. The van der Waals surface area contributed by atoms with Crippen molar-refractivity contribution in [3.63, 3.8) is 0 Å². The second-order valence-corrected chi connectivity index (χ2v) is 17.8. The fraction of sp³-hybridized carbons (Fsp3) is 0.426. The predicted octanol–water partition coefficient (Wildman–Crippen LogP) is 9.12. The Morgan fingerprint density at radius 1 is 0.949 bits per heavy atom. The average Bonchev–Trinajstić information content (AvgIpc) is 3.62. The quantitative estimate of drug-likeness (QED) is 0.115. The second-order valence-electron chi connectivity index (χ2n) is 16.8. The number of aromatic nitrogens is 2. The van der Waals surface area contributed by atoms with Gasteiger partial charge in [0.25, 0.3) is 5.91 Å². The topological polar surface area (TPSA) is 123 Å². The Morgan fingerprint density at radius 2 is 1.73 bits per heavy atom. The van der Waals surface area contributed by atoms with Crippen LogP contribution in [0.2, 0.25) is 0 Å². The molecule has 59 heavy (non-hydrogen) atoms. The maximum atomic E-state index is 13.9. The van der Waals surface area contributed by atoms with Gasteiger partial charge in [-0.1, -0.05) is 48.6 Å². The molecule has 0 spiro atoms. The molecule has 0 saturated carbocycles. The lowest BCUT2D eigenvalue weighted by molar-refractivity contribution is -0.144. The molecule has 4 heterocycles. The number of anilines is 2. The molecule has 3 aromatic carbocycles. The summed E-state index contributed by atoms with van der Waals surface area (Å²) in [7, 11) is 0. The van der Waals surface area contributed by atoms with Crippen molar-refractivity contribution in [3.05, 3.63) is 101 Å². The van der Waals surface area contributed by atoms with Crippen molar-refractivity contribution >= 4 is 50.3 Å². The van der Waals surface area contributed by atoms with E-state index in [0.717, 1.165) is 77.0 Å². The van der Waals surface area contributed by atoms with Crippen LogP contribution < -0.4 is 15.0 Å². The number of amides is 1. The minimum absolute atomic E-state index is 0.146. The van der Waals surface area contributed by atoms with Crippen molar-refractivity contribution in [2.75, 3.05) is 49.6 Å². The number of carbonyl (C=O) groups excluding carboxylic acids is 3. The lowest BCUT2D eigenvalue weighted by Gasteiger charge is -2.32. The maximum Gasteiger partial charge on any atom is 0.358 e. The van der Waals surface area contributed by atoms with Gasteiger partial charge in [0.05, 0.1) is 30.0 Å². The van der Waals surface area contributed by atoms with Gasteiger partial charge in [0.15, 0.2) is 10.8 Å². The monoisotopic (exact) mass is 817 g/mol. The summed E-state index contributed by atoms with van der Waals surface area (Å²) in [6.07, 6.45) is 3.93. The van der Waals surface area contributed by atoms with E-state index in [1.165, 1.54) is 11.3 Å². The SMILES string of the molecule is CCOC(=O)CN1CCC(C[C@H](C)COc2ccc(-c3ccc(N4CCc5cccc(C(=O)Nc6nc7ccccc7s6)c5C4)nc3C(=O)OC(C)(C)C)c(C)c2)CC1. The highest BCUT2D eigenvalue weighted by Gasteiger charge is 2.28. The summed E-state index contributed by atoms with van der Waals surface area (Å²) in [5, 5.41) is 3.58. The van der Waals surface area contributed by atoms with Gasteiger partial charge >= 0.3 is 11.9 Å². The first-order valence-corrected chi connectivity index (χ1v) is 21.5. The van der Waals surface area contributed by atoms with Crippen LogP contribution in [-0.4, -0.2) is 77.7 Å². The van der Waals surface area contributed by atoms with Crippen molar-refractivity contribution in [3.8, 4) is 16.9 Å². The van der Waals surface area contributed by atoms with Gasteiger partial charge in [-0.2, -0.15) is 0 Å². The van der Waals surface area contributed by atoms with Crippen molar-refractivity contribution in [2.24, 2.45) is 11.8 Å². The number of nitrogens with one attached hydrogen (secondary N) is 1. The Balaban J connectivity index is 1.04. The number of esters is 2. The van der Waals surface area contributed by atoms with Crippen LogP contribution in [0, 0.1) is 18.8 Å². The van der Waals surface area contributed by atoms with E-state index in [1.807, 2.05) is 101 Å². The van der Waals surface area contributed by atoms with E-state index in [9.17, 15) is 14.4 Å². The van der Waals surface area contributed by atoms with Crippen LogP contribution in [0.4, 0.5) is 10.9 Å². The first-order chi connectivity index (χ1) is 28.3. The van der Waals surface area contributed by atoms with Gasteiger partial charge in [0.1, 0.15) is 17.2 Å². The van der Waals surface area contributed by atoms with Gasteiger partial charge in [-0.3, -0.25) is 19.8 Å². The van der Waals surface area contributed by atoms with Crippen LogP contribution in [-0.2, 0) is 27.2 Å². The number of para-hydroxylation sites is 1. The summed E-state index contributed by atoms with van der Waals surface area (Å²) in [4.78, 5) is 53.3. The molecule has 1 atom stereocenters. The van der Waals surface area contributed by atoms with E-state index in [-0.39, 0.29) is 17.6 Å². The van der Waals surface area contributed by atoms with Crippen molar-refractivity contribution in [1.82, 2.24) is 14.9 Å². The van der Waals surface area contributed by atoms with E-state index in [0.29, 0.717) is 66.8 Å². The van der Waals surface area contributed by atoms with Crippen LogP contribution in [0.25, 0.3) is 21.3 Å². The van der Waals surface area contributed by atoms with E-state index >= 15 is 0 Å². The zero-order valence-electron chi connectivity index (χ0n) is 35.0. The molecule has 1 amide bonds. The molecule has 2 aliphatic heterocycles. The smallest absolute Gasteiger partial charge is 0.358 e. The fourth-order valence-electron chi connectivity index (χ4n) is 8.08. The van der Waals surface area contributed by atoms with Gasteiger partial charge in [-0.25, -0.2) is 14.8 Å². The van der Waals surface area contributed by atoms with Crippen LogP contribution in [0.3, 0.4) is 0 Å². The standard InChI is InChI=1S/C47H55N5O6S/c1-7-56-42(53)28-51-22-19-32(20-23-51)25-30(2)29-57-34-15-16-35(31(3)26-34)36-17-18-41(49-43(36)45(55)58-47(4,5)6)52-24-21-33-11-10-12-37(38(33)27-52)44(54)50-46-48-39-13-8-9-14-40(39)59-46/h8-18,26,30,32H,7,19-25,27-29H2,1-6H3,(H,48,50,54)/t30-/m0/s1. The number of piperidine rings is 1. The highest BCUT2D eigenvalue weighted by molar-refractivity contribution is 7.22. The number of pyridine rings is 1. The van der Waals surface area contributed by atoms with E-state index in [2.05, 4.69) is 33.1 Å². The van der Waals surface area contributed by atoms with Crippen LogP contribution in [0.1, 0.15) is 91.4 Å². The molecule has 1 fully saturated rings. The number of likely N-dealkylation sites (tertiary alicyclic amines) is 1. The van der Waals surface area contributed by atoms with E-state index in [4.69, 9.17) is 19.2 Å². The Bertz CT molecular complexity index is 2280.